The van der Waals surface area contributed by atoms with Gasteiger partial charge in [-0.05, 0) is 48.9 Å². The van der Waals surface area contributed by atoms with Crippen LogP contribution in [-0.4, -0.2) is 16.4 Å². The summed E-state index contributed by atoms with van der Waals surface area (Å²) in [6.45, 7) is 2.27. The van der Waals surface area contributed by atoms with E-state index in [0.29, 0.717) is 22.2 Å². The molecule has 4 nitrogen and oxygen atoms in total. The molecule has 174 valence electrons. The molecule has 0 amide bonds. The van der Waals surface area contributed by atoms with Gasteiger partial charge in [0, 0.05) is 17.0 Å². The molecule has 0 aliphatic carbocycles. The molecule has 0 unspecified atom stereocenters. The van der Waals surface area contributed by atoms with Gasteiger partial charge in [0.2, 0.25) is 0 Å². The third-order valence-corrected chi connectivity index (χ3v) is 6.41. The first-order valence-corrected chi connectivity index (χ1v) is 11.2. The van der Waals surface area contributed by atoms with Crippen molar-refractivity contribution in [1.82, 2.24) is 15.1 Å². The fourth-order valence-electron chi connectivity index (χ4n) is 3.86. The summed E-state index contributed by atoms with van der Waals surface area (Å²) in [7, 11) is 0. The van der Waals surface area contributed by atoms with Crippen molar-refractivity contribution in [2.24, 2.45) is 0 Å². The monoisotopic (exact) mass is 503 g/mol. The number of rotatable bonds is 5. The maximum atomic E-state index is 13.2. The van der Waals surface area contributed by atoms with E-state index in [1.165, 1.54) is 6.07 Å². The first-order valence-electron chi connectivity index (χ1n) is 10.4. The molecule has 0 radical (unpaired) electrons. The van der Waals surface area contributed by atoms with Crippen molar-refractivity contribution in [3.8, 4) is 5.69 Å². The molecule has 0 bridgehead atoms. The van der Waals surface area contributed by atoms with E-state index in [0.717, 1.165) is 45.7 Å². The van der Waals surface area contributed by atoms with Gasteiger partial charge in [-0.1, -0.05) is 47.5 Å². The topological polar surface area (TPSA) is 42.4 Å². The van der Waals surface area contributed by atoms with Gasteiger partial charge in [-0.15, -0.1) is 0 Å². The number of aromatic nitrogens is 2. The molecule has 0 spiro atoms. The molecule has 3 aromatic carbocycles. The van der Waals surface area contributed by atoms with Gasteiger partial charge in [-0.2, -0.15) is 18.3 Å². The summed E-state index contributed by atoms with van der Waals surface area (Å²) in [5, 5.41) is 9.62. The average molecular weight is 504 g/mol. The van der Waals surface area contributed by atoms with Crippen LogP contribution in [0.5, 0.6) is 0 Å². The van der Waals surface area contributed by atoms with E-state index in [-0.39, 0.29) is 0 Å². The number of hydrogen-bond acceptors (Lipinski definition) is 3. The smallest absolute Gasteiger partial charge is 0.416 e. The van der Waals surface area contributed by atoms with E-state index in [1.807, 2.05) is 31.2 Å². The minimum Gasteiger partial charge on any atom is -0.484 e. The molecule has 9 heteroatoms. The lowest BCUT2D eigenvalue weighted by molar-refractivity contribution is -0.137. The molecule has 1 aliphatic rings. The van der Waals surface area contributed by atoms with Crippen LogP contribution in [0.15, 0.2) is 72.6 Å². The number of nitrogens with one attached hydrogen (secondary N) is 1. The summed E-state index contributed by atoms with van der Waals surface area (Å²) < 4.78 is 46.8. The van der Waals surface area contributed by atoms with Crippen molar-refractivity contribution in [1.29, 1.82) is 0 Å². The zero-order valence-corrected chi connectivity index (χ0v) is 19.3. The summed E-state index contributed by atoms with van der Waals surface area (Å²) in [5.41, 5.74) is 3.00. The van der Waals surface area contributed by atoms with Crippen molar-refractivity contribution in [2.75, 3.05) is 6.61 Å². The van der Waals surface area contributed by atoms with E-state index in [9.17, 15) is 13.2 Å². The van der Waals surface area contributed by atoms with Crippen LogP contribution in [0.25, 0.3) is 22.3 Å². The number of halogens is 5. The lowest BCUT2D eigenvalue weighted by Crippen LogP contribution is -2.18. The Morgan fingerprint density at radius 1 is 1.06 bits per heavy atom. The molecule has 1 atom stereocenters. The summed E-state index contributed by atoms with van der Waals surface area (Å²) >= 11 is 12.2. The lowest BCUT2D eigenvalue weighted by Gasteiger charge is -2.19. The molecule has 5 rings (SSSR count). The fraction of sp³-hybridized carbons (Fsp3) is 0.160. The van der Waals surface area contributed by atoms with Crippen LogP contribution < -0.4 is 5.32 Å². The Morgan fingerprint density at radius 2 is 1.82 bits per heavy atom. The van der Waals surface area contributed by atoms with E-state index < -0.39 is 17.8 Å². The van der Waals surface area contributed by atoms with Gasteiger partial charge >= 0.3 is 6.18 Å². The highest BCUT2D eigenvalue weighted by atomic mass is 35.5. The molecular formula is C25H18Cl2F3N3O. The lowest BCUT2D eigenvalue weighted by atomic mass is 10.0. The molecule has 1 saturated heterocycles. The minimum absolute atomic E-state index is 0.394. The van der Waals surface area contributed by atoms with E-state index in [2.05, 4.69) is 10.4 Å². The molecule has 0 saturated carbocycles. The third kappa shape index (κ3) is 4.33. The van der Waals surface area contributed by atoms with Gasteiger partial charge in [0.1, 0.15) is 6.61 Å². The third-order valence-electron chi connectivity index (χ3n) is 5.67. The number of ether oxygens (including phenoxy) is 1. The normalized spacial score (nSPS) is 15.7. The van der Waals surface area contributed by atoms with Crippen LogP contribution >= 0.6 is 23.2 Å². The Balaban J connectivity index is 1.52. The molecule has 1 aromatic heterocycles. The van der Waals surface area contributed by atoms with E-state index >= 15 is 0 Å². The first-order chi connectivity index (χ1) is 16.2. The molecule has 1 aliphatic heterocycles. The van der Waals surface area contributed by atoms with Gasteiger partial charge in [0.15, 0.2) is 5.76 Å². The second-order valence-electron chi connectivity index (χ2n) is 7.97. The van der Waals surface area contributed by atoms with E-state index in [1.54, 1.807) is 29.1 Å². The highest BCUT2D eigenvalue weighted by Gasteiger charge is 2.31. The van der Waals surface area contributed by atoms with Gasteiger partial charge in [-0.25, -0.2) is 4.68 Å². The Bertz CT molecular complexity index is 1420. The summed E-state index contributed by atoms with van der Waals surface area (Å²) in [5.74, 6) is 0.744. The Labute approximate surface area is 203 Å². The number of benzene rings is 3. The molecule has 34 heavy (non-hydrogen) atoms. The second-order valence-corrected chi connectivity index (χ2v) is 8.78. The summed E-state index contributed by atoms with van der Waals surface area (Å²) in [4.78, 5) is 0. The summed E-state index contributed by atoms with van der Waals surface area (Å²) in [6, 6.07) is 16.0. The van der Waals surface area contributed by atoms with Crippen LogP contribution in [-0.2, 0) is 10.9 Å². The fourth-order valence-corrected chi connectivity index (χ4v) is 4.16. The van der Waals surface area contributed by atoms with Crippen molar-refractivity contribution in [3.05, 3.63) is 99.4 Å². The van der Waals surface area contributed by atoms with Crippen LogP contribution in [0.2, 0.25) is 10.0 Å². The van der Waals surface area contributed by atoms with Gasteiger partial charge < -0.3 is 10.1 Å². The molecular weight excluding hydrogens is 486 g/mol. The Kier molecular flexibility index (Phi) is 5.70. The molecule has 1 N–H and O–H groups in total. The molecule has 1 fully saturated rings. The highest BCUT2D eigenvalue weighted by molar-refractivity contribution is 6.42. The maximum Gasteiger partial charge on any atom is 0.416 e. The number of epoxide rings is 1. The van der Waals surface area contributed by atoms with Crippen LogP contribution in [0.4, 0.5) is 13.2 Å². The van der Waals surface area contributed by atoms with Gasteiger partial charge in [-0.3, -0.25) is 0 Å². The standard InChI is InChI=1S/C25H18Cl2F3N3O/c1-14(15-4-2-5-16(10-15)25(28,29)30)32-24(23-13-34-23)18-6-3-7-22-19(18)12-31-33(22)17-8-9-20(26)21(27)11-17/h2-12,14,32H,13H2,1H3/b24-23+/t14-/m1/s1. The van der Waals surface area contributed by atoms with E-state index in [4.69, 9.17) is 27.9 Å². The number of fused-ring (bicyclic) bond motifs is 1. The van der Waals surface area contributed by atoms with Crippen LogP contribution in [0, 0.1) is 0 Å². The Hall–Kier alpha value is -3.16. The second kappa shape index (κ2) is 8.56. The largest absolute Gasteiger partial charge is 0.484 e. The Morgan fingerprint density at radius 3 is 2.53 bits per heavy atom. The van der Waals surface area contributed by atoms with Gasteiger partial charge in [0.25, 0.3) is 0 Å². The number of hydrogen-bond donors (Lipinski definition) is 1. The SMILES string of the molecule is C[C@@H](N/C(=C1\CO1)c1cccc2c1cnn2-c1ccc(Cl)c(Cl)c1)c1cccc(C(F)(F)F)c1. The van der Waals surface area contributed by atoms with Crippen molar-refractivity contribution in [2.45, 2.75) is 19.1 Å². The molecule has 2 heterocycles. The van der Waals surface area contributed by atoms with Gasteiger partial charge in [0.05, 0.1) is 38.7 Å². The minimum atomic E-state index is -4.40. The zero-order chi connectivity index (χ0) is 24.0. The predicted molar refractivity (Wildman–Crippen MR) is 127 cm³/mol. The van der Waals surface area contributed by atoms with Crippen LogP contribution in [0.1, 0.15) is 29.7 Å². The highest BCUT2D eigenvalue weighted by Crippen LogP contribution is 2.35. The summed E-state index contributed by atoms with van der Waals surface area (Å²) in [6.07, 6.45) is -2.66. The average Bonchev–Trinajstić information content (AvgIpc) is 3.56. The quantitative estimate of drug-likeness (QED) is 0.288. The number of nitrogens with zero attached hydrogens (tertiary/aromatic N) is 2. The van der Waals surface area contributed by atoms with Crippen molar-refractivity contribution < 1.29 is 17.9 Å². The number of alkyl halides is 3. The maximum absolute atomic E-state index is 13.2. The predicted octanol–water partition coefficient (Wildman–Crippen LogP) is 7.40. The molecule has 4 aromatic rings. The zero-order valence-electron chi connectivity index (χ0n) is 17.8. The van der Waals surface area contributed by atoms with Crippen molar-refractivity contribution in [3.63, 3.8) is 0 Å². The van der Waals surface area contributed by atoms with Crippen LogP contribution in [0.3, 0.4) is 0 Å². The first kappa shape index (κ1) is 22.6. The van der Waals surface area contributed by atoms with Crippen molar-refractivity contribution >= 4 is 39.8 Å².